The summed E-state index contributed by atoms with van der Waals surface area (Å²) in [5.74, 6) is -0.407. The lowest BCUT2D eigenvalue weighted by Gasteiger charge is -2.05. The lowest BCUT2D eigenvalue weighted by atomic mass is 10.3. The first-order valence-electron chi connectivity index (χ1n) is 6.74. The van der Waals surface area contributed by atoms with Crippen molar-refractivity contribution < 1.29 is 9.18 Å². The lowest BCUT2D eigenvalue weighted by molar-refractivity contribution is -0.113. The van der Waals surface area contributed by atoms with Crippen LogP contribution in [0.3, 0.4) is 0 Å². The zero-order chi connectivity index (χ0) is 16.1. The fraction of sp³-hybridized carbons (Fsp3) is 0.0667. The van der Waals surface area contributed by atoms with E-state index in [1.165, 1.54) is 28.6 Å². The minimum Gasteiger partial charge on any atom is -0.325 e. The summed E-state index contributed by atoms with van der Waals surface area (Å²) in [6.45, 7) is 0. The molecule has 23 heavy (non-hydrogen) atoms. The summed E-state index contributed by atoms with van der Waals surface area (Å²) in [5.41, 5.74) is 1.23. The summed E-state index contributed by atoms with van der Waals surface area (Å²) in [5, 5.41) is 14.5. The Bertz CT molecular complexity index is 808. The number of nitrogens with one attached hydrogen (secondary N) is 1. The molecule has 6 nitrogen and oxygen atoms in total. The number of carbonyl (C=O) groups excluding carboxylic acids is 1. The molecule has 3 aromatic rings. The number of carbonyl (C=O) groups is 1. The summed E-state index contributed by atoms with van der Waals surface area (Å²) in [6, 6.07) is 15.1. The molecule has 0 aliphatic carbocycles. The molecule has 0 aliphatic heterocycles. The molecule has 1 amide bonds. The Hall–Kier alpha value is -2.74. The molecule has 1 aromatic heterocycles. The molecule has 2 aromatic carbocycles. The van der Waals surface area contributed by atoms with Gasteiger partial charge in [0, 0.05) is 5.69 Å². The zero-order valence-electron chi connectivity index (χ0n) is 11.9. The summed E-state index contributed by atoms with van der Waals surface area (Å²) in [4.78, 5) is 11.9. The molecule has 0 spiro atoms. The van der Waals surface area contributed by atoms with Crippen LogP contribution < -0.4 is 5.32 Å². The molecule has 0 fully saturated rings. The van der Waals surface area contributed by atoms with E-state index in [1.54, 1.807) is 24.3 Å². The highest BCUT2D eigenvalue weighted by Gasteiger charge is 2.12. The maximum atomic E-state index is 13.3. The van der Waals surface area contributed by atoms with Crippen LogP contribution in [0, 0.1) is 5.82 Å². The second kappa shape index (κ2) is 7.01. The van der Waals surface area contributed by atoms with E-state index in [9.17, 15) is 9.18 Å². The predicted molar refractivity (Wildman–Crippen MR) is 84.9 cm³/mol. The topological polar surface area (TPSA) is 72.7 Å². The monoisotopic (exact) mass is 329 g/mol. The van der Waals surface area contributed by atoms with E-state index >= 15 is 0 Å². The second-order valence-electron chi connectivity index (χ2n) is 4.56. The highest BCUT2D eigenvalue weighted by atomic mass is 32.2. The third-order valence-electron chi connectivity index (χ3n) is 2.88. The van der Waals surface area contributed by atoms with Gasteiger partial charge in [-0.25, -0.2) is 4.39 Å². The summed E-state index contributed by atoms with van der Waals surface area (Å²) < 4.78 is 14.7. The summed E-state index contributed by atoms with van der Waals surface area (Å²) in [7, 11) is 0. The first-order chi connectivity index (χ1) is 11.2. The van der Waals surface area contributed by atoms with Crippen LogP contribution in [0.4, 0.5) is 10.1 Å². The third kappa shape index (κ3) is 3.92. The number of thioether (sulfide) groups is 1. The number of halogens is 1. The van der Waals surface area contributed by atoms with Gasteiger partial charge < -0.3 is 5.32 Å². The number of nitrogens with zero attached hydrogens (tertiary/aromatic N) is 4. The molecule has 0 bridgehead atoms. The van der Waals surface area contributed by atoms with Gasteiger partial charge in [-0.3, -0.25) is 4.79 Å². The number of hydrogen-bond acceptors (Lipinski definition) is 5. The van der Waals surface area contributed by atoms with Crippen LogP contribution in [-0.2, 0) is 4.79 Å². The smallest absolute Gasteiger partial charge is 0.234 e. The van der Waals surface area contributed by atoms with Crippen molar-refractivity contribution in [3.8, 4) is 5.69 Å². The fourth-order valence-corrected chi connectivity index (χ4v) is 2.58. The molecular weight excluding hydrogens is 317 g/mol. The molecular formula is C15H12FN5OS. The van der Waals surface area contributed by atoms with Crippen LogP contribution in [0.2, 0.25) is 0 Å². The molecule has 0 saturated heterocycles. The van der Waals surface area contributed by atoms with Gasteiger partial charge >= 0.3 is 0 Å². The first-order valence-corrected chi connectivity index (χ1v) is 7.73. The Labute approximate surface area is 135 Å². The zero-order valence-corrected chi connectivity index (χ0v) is 12.7. The van der Waals surface area contributed by atoms with E-state index < -0.39 is 0 Å². The van der Waals surface area contributed by atoms with Gasteiger partial charge in [-0.2, -0.15) is 4.68 Å². The van der Waals surface area contributed by atoms with Crippen molar-refractivity contribution in [3.05, 3.63) is 60.4 Å². The second-order valence-corrected chi connectivity index (χ2v) is 5.50. The van der Waals surface area contributed by atoms with E-state index in [0.717, 1.165) is 5.69 Å². The molecule has 0 radical (unpaired) electrons. The van der Waals surface area contributed by atoms with Crippen molar-refractivity contribution in [2.45, 2.75) is 5.16 Å². The minimum absolute atomic E-state index is 0.143. The fourth-order valence-electron chi connectivity index (χ4n) is 1.89. The van der Waals surface area contributed by atoms with Gasteiger partial charge in [-0.05, 0) is 40.8 Å². The number of amides is 1. The van der Waals surface area contributed by atoms with Crippen LogP contribution in [0.1, 0.15) is 0 Å². The summed E-state index contributed by atoms with van der Waals surface area (Å²) in [6.07, 6.45) is 0. The van der Waals surface area contributed by atoms with E-state index in [0.29, 0.717) is 10.8 Å². The van der Waals surface area contributed by atoms with Gasteiger partial charge in [0.25, 0.3) is 0 Å². The van der Waals surface area contributed by atoms with E-state index in [-0.39, 0.29) is 17.5 Å². The van der Waals surface area contributed by atoms with Crippen molar-refractivity contribution in [2.75, 3.05) is 11.1 Å². The van der Waals surface area contributed by atoms with Gasteiger partial charge in [0.2, 0.25) is 11.1 Å². The van der Waals surface area contributed by atoms with Gasteiger partial charge in [0.05, 0.1) is 11.4 Å². The quantitative estimate of drug-likeness (QED) is 0.728. The third-order valence-corrected chi connectivity index (χ3v) is 3.80. The number of para-hydroxylation sites is 1. The molecule has 1 heterocycles. The standard InChI is InChI=1S/C15H12FN5OS/c16-11-5-4-8-13(9-11)21-15(18-19-20-21)23-10-14(22)17-12-6-2-1-3-7-12/h1-9H,10H2,(H,17,22). The number of rotatable bonds is 5. The Morgan fingerprint density at radius 2 is 2.00 bits per heavy atom. The molecule has 8 heteroatoms. The Balaban J connectivity index is 1.65. The SMILES string of the molecule is O=C(CSc1nnnn1-c1cccc(F)c1)Nc1ccccc1. The van der Waals surface area contributed by atoms with Crippen LogP contribution in [0.15, 0.2) is 59.8 Å². The maximum absolute atomic E-state index is 13.3. The highest BCUT2D eigenvalue weighted by Crippen LogP contribution is 2.19. The number of anilines is 1. The molecule has 3 rings (SSSR count). The Morgan fingerprint density at radius 3 is 2.78 bits per heavy atom. The number of tetrazole rings is 1. The van der Waals surface area contributed by atoms with Gasteiger partial charge in [-0.15, -0.1) is 5.10 Å². The van der Waals surface area contributed by atoms with Crippen molar-refractivity contribution in [2.24, 2.45) is 0 Å². The Kier molecular flexibility index (Phi) is 4.62. The van der Waals surface area contributed by atoms with E-state index in [2.05, 4.69) is 20.8 Å². The van der Waals surface area contributed by atoms with E-state index in [4.69, 9.17) is 0 Å². The largest absolute Gasteiger partial charge is 0.325 e. The number of aromatic nitrogens is 4. The first kappa shape index (κ1) is 15.2. The molecule has 0 atom stereocenters. The summed E-state index contributed by atoms with van der Waals surface area (Å²) >= 11 is 1.17. The van der Waals surface area contributed by atoms with Crippen LogP contribution in [0.5, 0.6) is 0 Å². The Morgan fingerprint density at radius 1 is 1.17 bits per heavy atom. The highest BCUT2D eigenvalue weighted by molar-refractivity contribution is 7.99. The average molecular weight is 329 g/mol. The van der Waals surface area contributed by atoms with Crippen molar-refractivity contribution in [1.29, 1.82) is 0 Å². The molecule has 116 valence electrons. The maximum Gasteiger partial charge on any atom is 0.234 e. The lowest BCUT2D eigenvalue weighted by Crippen LogP contribution is -2.14. The van der Waals surface area contributed by atoms with E-state index in [1.807, 2.05) is 18.2 Å². The number of hydrogen-bond donors (Lipinski definition) is 1. The van der Waals surface area contributed by atoms with Crippen molar-refractivity contribution >= 4 is 23.4 Å². The molecule has 0 unspecified atom stereocenters. The minimum atomic E-state index is -0.379. The number of benzene rings is 2. The van der Waals surface area contributed by atoms with Crippen molar-refractivity contribution in [3.63, 3.8) is 0 Å². The average Bonchev–Trinajstić information content (AvgIpc) is 3.02. The van der Waals surface area contributed by atoms with Crippen molar-refractivity contribution in [1.82, 2.24) is 20.2 Å². The van der Waals surface area contributed by atoms with Gasteiger partial charge in [-0.1, -0.05) is 36.0 Å². The normalized spacial score (nSPS) is 10.5. The molecule has 0 aliphatic rings. The van der Waals surface area contributed by atoms with Crippen LogP contribution in [-0.4, -0.2) is 31.9 Å². The van der Waals surface area contributed by atoms with Gasteiger partial charge in [0.15, 0.2) is 0 Å². The molecule has 0 saturated carbocycles. The van der Waals surface area contributed by atoms with Gasteiger partial charge in [0.1, 0.15) is 5.82 Å². The van der Waals surface area contributed by atoms with Crippen LogP contribution >= 0.6 is 11.8 Å². The molecule has 1 N–H and O–H groups in total. The predicted octanol–water partition coefficient (Wildman–Crippen LogP) is 2.53. The van der Waals surface area contributed by atoms with Crippen LogP contribution in [0.25, 0.3) is 5.69 Å².